The Kier molecular flexibility index (Phi) is 6.00. The van der Waals surface area contributed by atoms with E-state index in [1.165, 1.54) is 11.8 Å². The van der Waals surface area contributed by atoms with Crippen LogP contribution >= 0.6 is 23.4 Å². The Morgan fingerprint density at radius 1 is 1.12 bits per heavy atom. The van der Waals surface area contributed by atoms with Gasteiger partial charge in [0.05, 0.1) is 18.6 Å². The topological polar surface area (TPSA) is 84.1 Å². The first kappa shape index (κ1) is 21.8. The molecule has 3 aromatic rings. The number of rotatable bonds is 5. The predicted molar refractivity (Wildman–Crippen MR) is 130 cm³/mol. The van der Waals surface area contributed by atoms with Crippen LogP contribution in [0.25, 0.3) is 0 Å². The van der Waals surface area contributed by atoms with E-state index in [4.69, 9.17) is 21.3 Å². The maximum Gasteiger partial charge on any atom is 0.257 e. The third kappa shape index (κ3) is 4.07. The first-order valence-corrected chi connectivity index (χ1v) is 12.1. The average molecular weight is 480 g/mol. The standard InChI is InChI=1S/C25H22ClN3O3S/c1-32-19-12-5-3-8-15(19)20-21-17(10-6-11-18(21)30)27-23-22(20)24(31)29-25(28-23)33-13-14-7-2-4-9-16(14)26/h2-5,7-9,12,20H,6,10-11,13H2,1H3,(H2,27,28,29,31)/t20-/m0/s1. The number of Topliss-reactive ketones (excluding diaryl/α,β-unsaturated/α-hetero) is 1. The molecule has 2 heterocycles. The summed E-state index contributed by atoms with van der Waals surface area (Å²) in [5, 5.41) is 4.48. The highest BCUT2D eigenvalue weighted by Crippen LogP contribution is 2.45. The van der Waals surface area contributed by atoms with Crippen molar-refractivity contribution in [2.75, 3.05) is 12.4 Å². The number of thioether (sulfide) groups is 1. The number of benzene rings is 2. The second-order valence-electron chi connectivity index (χ2n) is 7.98. The number of aromatic amines is 1. The van der Waals surface area contributed by atoms with Gasteiger partial charge in [-0.2, -0.15) is 0 Å². The fourth-order valence-corrected chi connectivity index (χ4v) is 5.63. The van der Waals surface area contributed by atoms with Crippen LogP contribution in [0.2, 0.25) is 5.02 Å². The molecule has 8 heteroatoms. The van der Waals surface area contributed by atoms with Crippen molar-refractivity contribution in [1.82, 2.24) is 9.97 Å². The van der Waals surface area contributed by atoms with E-state index in [-0.39, 0.29) is 11.3 Å². The summed E-state index contributed by atoms with van der Waals surface area (Å²) in [4.78, 5) is 34.0. The quantitative estimate of drug-likeness (QED) is 0.382. The molecule has 2 aromatic carbocycles. The second kappa shape index (κ2) is 9.08. The van der Waals surface area contributed by atoms with Crippen LogP contribution in [0.15, 0.2) is 69.8 Å². The Morgan fingerprint density at radius 2 is 1.91 bits per heavy atom. The van der Waals surface area contributed by atoms with Crippen LogP contribution in [0.3, 0.4) is 0 Å². The third-order valence-corrected chi connectivity index (χ3v) is 7.30. The van der Waals surface area contributed by atoms with Gasteiger partial charge in [0.15, 0.2) is 10.9 Å². The van der Waals surface area contributed by atoms with E-state index in [0.29, 0.717) is 45.1 Å². The number of anilines is 1. The first-order chi connectivity index (χ1) is 16.1. The molecule has 0 saturated heterocycles. The number of allylic oxidation sites excluding steroid dienone is 2. The monoisotopic (exact) mass is 479 g/mol. The molecule has 0 unspecified atom stereocenters. The first-order valence-electron chi connectivity index (χ1n) is 10.7. The van der Waals surface area contributed by atoms with E-state index in [2.05, 4.69) is 10.3 Å². The summed E-state index contributed by atoms with van der Waals surface area (Å²) in [6, 6.07) is 15.1. The zero-order valence-corrected chi connectivity index (χ0v) is 19.6. The van der Waals surface area contributed by atoms with Gasteiger partial charge in [-0.3, -0.25) is 9.59 Å². The molecule has 2 aliphatic rings. The number of fused-ring (bicyclic) bond motifs is 1. The number of H-pyrrole nitrogens is 1. The lowest BCUT2D eigenvalue weighted by Crippen LogP contribution is -2.32. The van der Waals surface area contributed by atoms with E-state index in [0.717, 1.165) is 29.7 Å². The molecule has 1 aromatic heterocycles. The number of aromatic nitrogens is 2. The molecule has 0 saturated carbocycles. The van der Waals surface area contributed by atoms with E-state index in [1.807, 2.05) is 48.5 Å². The van der Waals surface area contributed by atoms with Gasteiger partial charge in [0.25, 0.3) is 5.56 Å². The van der Waals surface area contributed by atoms with Crippen LogP contribution in [-0.4, -0.2) is 22.9 Å². The summed E-state index contributed by atoms with van der Waals surface area (Å²) in [6.07, 6.45) is 1.98. The Labute approximate surface area is 200 Å². The number of methoxy groups -OCH3 is 1. The van der Waals surface area contributed by atoms with E-state index < -0.39 is 5.92 Å². The van der Waals surface area contributed by atoms with Gasteiger partial charge in [0, 0.05) is 34.0 Å². The molecular formula is C25H22ClN3O3S. The molecule has 0 fully saturated rings. The minimum Gasteiger partial charge on any atom is -0.496 e. The van der Waals surface area contributed by atoms with Crippen LogP contribution in [0.5, 0.6) is 5.75 Å². The summed E-state index contributed by atoms with van der Waals surface area (Å²) >= 11 is 7.69. The molecule has 168 valence electrons. The number of hydrogen-bond donors (Lipinski definition) is 2. The second-order valence-corrected chi connectivity index (χ2v) is 9.35. The molecule has 1 aliphatic carbocycles. The molecule has 33 heavy (non-hydrogen) atoms. The number of ether oxygens (including phenoxy) is 1. The highest BCUT2D eigenvalue weighted by Gasteiger charge is 2.39. The maximum atomic E-state index is 13.4. The largest absolute Gasteiger partial charge is 0.496 e. The van der Waals surface area contributed by atoms with Gasteiger partial charge >= 0.3 is 0 Å². The van der Waals surface area contributed by atoms with Crippen LogP contribution in [0.1, 0.15) is 41.9 Å². The lowest BCUT2D eigenvalue weighted by Gasteiger charge is -2.33. The third-order valence-electron chi connectivity index (χ3n) is 6.01. The number of halogens is 1. The van der Waals surface area contributed by atoms with Crippen molar-refractivity contribution in [1.29, 1.82) is 0 Å². The van der Waals surface area contributed by atoms with Crippen LogP contribution in [-0.2, 0) is 10.5 Å². The van der Waals surface area contributed by atoms with Gasteiger partial charge in [-0.1, -0.05) is 59.8 Å². The Morgan fingerprint density at radius 3 is 2.73 bits per heavy atom. The molecule has 0 radical (unpaired) electrons. The summed E-state index contributed by atoms with van der Waals surface area (Å²) in [7, 11) is 1.59. The number of carbonyl (C=O) groups is 1. The van der Waals surface area contributed by atoms with Crippen LogP contribution < -0.4 is 15.6 Å². The zero-order chi connectivity index (χ0) is 22.9. The lowest BCUT2D eigenvalue weighted by atomic mass is 9.76. The predicted octanol–water partition coefficient (Wildman–Crippen LogP) is 5.29. The maximum absolute atomic E-state index is 13.4. The molecule has 5 rings (SSSR count). The van der Waals surface area contributed by atoms with Crippen molar-refractivity contribution >= 4 is 35.0 Å². The highest BCUT2D eigenvalue weighted by molar-refractivity contribution is 7.98. The van der Waals surface area contributed by atoms with Gasteiger partial charge in [-0.05, 0) is 30.5 Å². The Hall–Kier alpha value is -3.03. The number of nitrogens with one attached hydrogen (secondary N) is 2. The number of para-hydroxylation sites is 1. The molecule has 0 spiro atoms. The fourth-order valence-electron chi connectivity index (χ4n) is 4.49. The average Bonchev–Trinajstić information content (AvgIpc) is 2.82. The van der Waals surface area contributed by atoms with Crippen LogP contribution in [0.4, 0.5) is 5.82 Å². The SMILES string of the molecule is COc1ccccc1[C@H]1C2=C(CCCC2=O)Nc2nc(SCc3ccccc3Cl)[nH]c(=O)c21. The number of ketones is 1. The molecule has 0 amide bonds. The number of nitrogens with zero attached hydrogens (tertiary/aromatic N) is 1. The van der Waals surface area contributed by atoms with E-state index >= 15 is 0 Å². The van der Waals surface area contributed by atoms with Crippen molar-refractivity contribution in [3.8, 4) is 5.75 Å². The summed E-state index contributed by atoms with van der Waals surface area (Å²) in [5.41, 5.74) is 3.41. The molecule has 0 bridgehead atoms. The van der Waals surface area contributed by atoms with E-state index in [9.17, 15) is 9.59 Å². The lowest BCUT2D eigenvalue weighted by molar-refractivity contribution is -0.116. The van der Waals surface area contributed by atoms with Crippen molar-refractivity contribution in [3.63, 3.8) is 0 Å². The van der Waals surface area contributed by atoms with E-state index in [1.54, 1.807) is 7.11 Å². The smallest absolute Gasteiger partial charge is 0.257 e. The Balaban J connectivity index is 1.59. The summed E-state index contributed by atoms with van der Waals surface area (Å²) in [6.45, 7) is 0. The van der Waals surface area contributed by atoms with Crippen molar-refractivity contribution < 1.29 is 9.53 Å². The molecule has 6 nitrogen and oxygen atoms in total. The molecule has 2 N–H and O–H groups in total. The minimum atomic E-state index is -0.529. The summed E-state index contributed by atoms with van der Waals surface area (Å²) in [5.74, 6) is 1.23. The van der Waals surface area contributed by atoms with Crippen molar-refractivity contribution in [2.45, 2.75) is 36.1 Å². The summed E-state index contributed by atoms with van der Waals surface area (Å²) < 4.78 is 5.59. The fraction of sp³-hybridized carbons (Fsp3) is 0.240. The van der Waals surface area contributed by atoms with Crippen molar-refractivity contribution in [2.24, 2.45) is 0 Å². The highest BCUT2D eigenvalue weighted by atomic mass is 35.5. The van der Waals surface area contributed by atoms with Crippen LogP contribution in [0, 0.1) is 0 Å². The van der Waals surface area contributed by atoms with Gasteiger partial charge in [0.2, 0.25) is 0 Å². The molecule has 1 aliphatic heterocycles. The van der Waals surface area contributed by atoms with Gasteiger partial charge < -0.3 is 15.0 Å². The minimum absolute atomic E-state index is 0.0573. The van der Waals surface area contributed by atoms with Gasteiger partial charge in [-0.15, -0.1) is 0 Å². The van der Waals surface area contributed by atoms with Gasteiger partial charge in [0.1, 0.15) is 11.6 Å². The van der Waals surface area contributed by atoms with Gasteiger partial charge in [-0.25, -0.2) is 4.98 Å². The zero-order valence-electron chi connectivity index (χ0n) is 18.0. The molecular weight excluding hydrogens is 458 g/mol. The number of carbonyl (C=O) groups excluding carboxylic acids is 1. The van der Waals surface area contributed by atoms with Crippen molar-refractivity contribution in [3.05, 3.63) is 91.9 Å². The molecule has 1 atom stereocenters. The Bertz CT molecular complexity index is 1330. The normalized spacial score (nSPS) is 17.3. The number of hydrogen-bond acceptors (Lipinski definition) is 6.